The van der Waals surface area contributed by atoms with E-state index in [1.54, 1.807) is 17.2 Å². The lowest BCUT2D eigenvalue weighted by atomic mass is 10.1. The molecule has 17 heavy (non-hydrogen) atoms. The molecule has 0 fully saturated rings. The van der Waals surface area contributed by atoms with Gasteiger partial charge < -0.3 is 9.42 Å². The van der Waals surface area contributed by atoms with Crippen LogP contribution in [-0.4, -0.2) is 32.5 Å². The van der Waals surface area contributed by atoms with E-state index in [1.807, 2.05) is 0 Å². The zero-order chi connectivity index (χ0) is 11.7. The van der Waals surface area contributed by atoms with Crippen molar-refractivity contribution in [2.45, 2.75) is 13.0 Å². The number of hydrogen-bond donors (Lipinski definition) is 0. The van der Waals surface area contributed by atoms with Crippen molar-refractivity contribution in [2.24, 2.45) is 0 Å². The Kier molecular flexibility index (Phi) is 2.32. The van der Waals surface area contributed by atoms with Gasteiger partial charge in [-0.25, -0.2) is 9.97 Å². The van der Waals surface area contributed by atoms with Crippen molar-refractivity contribution in [3.63, 3.8) is 0 Å². The van der Waals surface area contributed by atoms with Gasteiger partial charge in [0.2, 0.25) is 5.76 Å². The molecule has 0 N–H and O–H groups in total. The molecule has 0 radical (unpaired) electrons. The topological polar surface area (TPSA) is 72.1 Å². The van der Waals surface area contributed by atoms with Crippen LogP contribution in [0.4, 0.5) is 0 Å². The Hall–Kier alpha value is -2.24. The molecule has 0 aliphatic carbocycles. The van der Waals surface area contributed by atoms with E-state index in [0.717, 1.165) is 17.7 Å². The van der Waals surface area contributed by atoms with Crippen LogP contribution in [0.2, 0.25) is 0 Å². The minimum atomic E-state index is -0.142. The summed E-state index contributed by atoms with van der Waals surface area (Å²) in [7, 11) is 0. The number of fused-ring (bicyclic) bond motifs is 1. The number of carbonyl (C=O) groups excluding carboxylic acids is 1. The third kappa shape index (κ3) is 1.77. The minimum Gasteiger partial charge on any atom is -0.351 e. The van der Waals surface area contributed by atoms with Crippen LogP contribution in [0.1, 0.15) is 21.8 Å². The van der Waals surface area contributed by atoms with E-state index in [1.165, 1.54) is 12.5 Å². The third-order valence-corrected chi connectivity index (χ3v) is 2.80. The molecule has 2 aromatic heterocycles. The molecule has 0 unspecified atom stereocenters. The van der Waals surface area contributed by atoms with Gasteiger partial charge >= 0.3 is 0 Å². The van der Waals surface area contributed by atoms with Crippen LogP contribution < -0.4 is 0 Å². The zero-order valence-corrected chi connectivity index (χ0v) is 9.04. The molecular formula is C11H10N4O2. The van der Waals surface area contributed by atoms with E-state index in [0.29, 0.717) is 13.1 Å². The quantitative estimate of drug-likeness (QED) is 0.719. The largest absolute Gasteiger partial charge is 0.351 e. The molecule has 1 amide bonds. The number of aromatic nitrogens is 3. The summed E-state index contributed by atoms with van der Waals surface area (Å²) in [6, 6.07) is 1.57. The first kappa shape index (κ1) is 9.95. The Labute approximate surface area is 97.3 Å². The van der Waals surface area contributed by atoms with Gasteiger partial charge in [0.25, 0.3) is 5.91 Å². The van der Waals surface area contributed by atoms with E-state index in [4.69, 9.17) is 4.52 Å². The lowest BCUT2D eigenvalue weighted by Crippen LogP contribution is -2.36. The number of carbonyl (C=O) groups is 1. The van der Waals surface area contributed by atoms with E-state index in [-0.39, 0.29) is 11.7 Å². The molecule has 0 atom stereocenters. The number of rotatable bonds is 1. The van der Waals surface area contributed by atoms with Crippen LogP contribution in [0.15, 0.2) is 29.3 Å². The van der Waals surface area contributed by atoms with Crippen LogP contribution in [0.25, 0.3) is 0 Å². The summed E-state index contributed by atoms with van der Waals surface area (Å²) in [5.41, 5.74) is 2.01. The summed E-state index contributed by atoms with van der Waals surface area (Å²) in [5, 5.41) is 3.54. The van der Waals surface area contributed by atoms with Crippen molar-refractivity contribution in [3.05, 3.63) is 41.8 Å². The van der Waals surface area contributed by atoms with Crippen LogP contribution in [-0.2, 0) is 13.0 Å². The van der Waals surface area contributed by atoms with Gasteiger partial charge in [-0.3, -0.25) is 4.79 Å². The second-order valence-electron chi connectivity index (χ2n) is 3.85. The summed E-state index contributed by atoms with van der Waals surface area (Å²) in [5.74, 6) is 0.127. The lowest BCUT2D eigenvalue weighted by molar-refractivity contribution is 0.0691. The highest BCUT2D eigenvalue weighted by atomic mass is 16.5. The smallest absolute Gasteiger partial charge is 0.292 e. The average Bonchev–Trinajstić information content (AvgIpc) is 2.91. The molecule has 6 heteroatoms. The highest BCUT2D eigenvalue weighted by Gasteiger charge is 2.24. The number of hydrogen-bond acceptors (Lipinski definition) is 5. The molecule has 3 rings (SSSR count). The first-order chi connectivity index (χ1) is 8.34. The van der Waals surface area contributed by atoms with Gasteiger partial charge in [0.15, 0.2) is 0 Å². The van der Waals surface area contributed by atoms with Crippen molar-refractivity contribution in [1.29, 1.82) is 0 Å². The van der Waals surface area contributed by atoms with Gasteiger partial charge in [0.1, 0.15) is 6.33 Å². The Morgan fingerprint density at radius 1 is 1.47 bits per heavy atom. The predicted molar refractivity (Wildman–Crippen MR) is 57.0 cm³/mol. The molecule has 2 aromatic rings. The molecule has 1 aliphatic rings. The fourth-order valence-corrected chi connectivity index (χ4v) is 1.92. The molecule has 0 spiro atoms. The number of amides is 1. The van der Waals surface area contributed by atoms with Crippen LogP contribution >= 0.6 is 0 Å². The predicted octanol–water partition coefficient (Wildman–Crippen LogP) is 0.663. The third-order valence-electron chi connectivity index (χ3n) is 2.80. The highest BCUT2D eigenvalue weighted by Crippen LogP contribution is 2.17. The summed E-state index contributed by atoms with van der Waals surface area (Å²) < 4.78 is 4.86. The fourth-order valence-electron chi connectivity index (χ4n) is 1.92. The van der Waals surface area contributed by atoms with Crippen LogP contribution in [0.5, 0.6) is 0 Å². The molecular weight excluding hydrogens is 220 g/mol. The summed E-state index contributed by atoms with van der Waals surface area (Å²) in [4.78, 5) is 21.9. The van der Waals surface area contributed by atoms with Crippen molar-refractivity contribution in [1.82, 2.24) is 20.0 Å². The molecule has 86 valence electrons. The van der Waals surface area contributed by atoms with Gasteiger partial charge in [0.05, 0.1) is 11.9 Å². The van der Waals surface area contributed by atoms with Crippen molar-refractivity contribution < 1.29 is 9.32 Å². The molecule has 3 heterocycles. The first-order valence-corrected chi connectivity index (χ1v) is 5.32. The van der Waals surface area contributed by atoms with Gasteiger partial charge in [-0.1, -0.05) is 5.16 Å². The maximum atomic E-state index is 12.0. The van der Waals surface area contributed by atoms with Crippen LogP contribution in [0, 0.1) is 0 Å². The molecule has 0 saturated heterocycles. The SMILES string of the molecule is O=C(c1ccno1)N1CCc2ncncc2C1. The molecule has 0 saturated carbocycles. The fraction of sp³-hybridized carbons (Fsp3) is 0.273. The van der Waals surface area contributed by atoms with E-state index >= 15 is 0 Å². The van der Waals surface area contributed by atoms with Gasteiger partial charge in [-0.05, 0) is 0 Å². The first-order valence-electron chi connectivity index (χ1n) is 5.32. The average molecular weight is 230 g/mol. The van der Waals surface area contributed by atoms with Crippen molar-refractivity contribution in [3.8, 4) is 0 Å². The molecule has 0 bridgehead atoms. The standard InChI is InChI=1S/C11H10N4O2/c16-11(10-1-3-14-17-10)15-4-2-9-8(6-15)5-12-7-13-9/h1,3,5,7H,2,4,6H2. The second kappa shape index (κ2) is 3.97. The highest BCUT2D eigenvalue weighted by molar-refractivity contribution is 5.91. The van der Waals surface area contributed by atoms with E-state index < -0.39 is 0 Å². The summed E-state index contributed by atoms with van der Waals surface area (Å²) in [6.45, 7) is 1.17. The van der Waals surface area contributed by atoms with E-state index in [9.17, 15) is 4.79 Å². The van der Waals surface area contributed by atoms with Gasteiger partial charge in [-0.15, -0.1) is 0 Å². The minimum absolute atomic E-state index is 0.142. The maximum Gasteiger partial charge on any atom is 0.292 e. The lowest BCUT2D eigenvalue weighted by Gasteiger charge is -2.26. The molecule has 0 aromatic carbocycles. The molecule has 1 aliphatic heterocycles. The van der Waals surface area contributed by atoms with Crippen LogP contribution in [0.3, 0.4) is 0 Å². The Morgan fingerprint density at radius 3 is 3.24 bits per heavy atom. The Balaban J connectivity index is 1.83. The van der Waals surface area contributed by atoms with E-state index in [2.05, 4.69) is 15.1 Å². The normalized spacial score (nSPS) is 14.5. The van der Waals surface area contributed by atoms with Gasteiger partial charge in [0, 0.05) is 37.3 Å². The number of nitrogens with zero attached hydrogens (tertiary/aromatic N) is 4. The zero-order valence-electron chi connectivity index (χ0n) is 9.04. The Morgan fingerprint density at radius 2 is 2.41 bits per heavy atom. The summed E-state index contributed by atoms with van der Waals surface area (Å²) >= 11 is 0. The van der Waals surface area contributed by atoms with Crippen molar-refractivity contribution >= 4 is 5.91 Å². The monoisotopic (exact) mass is 230 g/mol. The molecule has 6 nitrogen and oxygen atoms in total. The summed E-state index contributed by atoms with van der Waals surface area (Å²) in [6.07, 6.45) is 5.50. The van der Waals surface area contributed by atoms with Crippen molar-refractivity contribution in [2.75, 3.05) is 6.54 Å². The Bertz CT molecular complexity index is 538. The maximum absolute atomic E-state index is 12.0. The van der Waals surface area contributed by atoms with Gasteiger partial charge in [-0.2, -0.15) is 0 Å². The second-order valence-corrected chi connectivity index (χ2v) is 3.85.